The molecule has 3 aromatic carbocycles. The second kappa shape index (κ2) is 17.6. The van der Waals surface area contributed by atoms with Crippen LogP contribution in [-0.4, -0.2) is 93.1 Å². The summed E-state index contributed by atoms with van der Waals surface area (Å²) in [6.45, 7) is 25.8. The highest BCUT2D eigenvalue weighted by molar-refractivity contribution is 5.90. The Balaban J connectivity index is 1.45. The number of aromatic nitrogens is 4. The quantitative estimate of drug-likeness (QED) is 0.107. The van der Waals surface area contributed by atoms with Gasteiger partial charge in [0.25, 0.3) is 11.8 Å². The first-order valence-corrected chi connectivity index (χ1v) is 22.0. The molecule has 0 bridgehead atoms. The summed E-state index contributed by atoms with van der Waals surface area (Å²) in [6, 6.07) is 11.1. The molecule has 4 N–H and O–H groups in total. The Morgan fingerprint density at radius 1 is 0.545 bits per heavy atom. The fourth-order valence-electron chi connectivity index (χ4n) is 7.19. The van der Waals surface area contributed by atoms with Gasteiger partial charge in [0.1, 0.15) is 23.3 Å². The van der Waals surface area contributed by atoms with Crippen LogP contribution in [0.2, 0.25) is 0 Å². The van der Waals surface area contributed by atoms with Crippen molar-refractivity contribution in [3.05, 3.63) is 71.8 Å². The first-order chi connectivity index (χ1) is 30.1. The van der Waals surface area contributed by atoms with E-state index >= 15 is 8.78 Å². The van der Waals surface area contributed by atoms with E-state index < -0.39 is 80.6 Å². The van der Waals surface area contributed by atoms with E-state index in [1.807, 2.05) is 83.1 Å². The van der Waals surface area contributed by atoms with Gasteiger partial charge in [-0.1, -0.05) is 95.2 Å². The number of carbonyl (C=O) groups is 4. The highest BCUT2D eigenvalue weighted by Gasteiger charge is 2.51. The molecule has 0 saturated carbocycles. The van der Waals surface area contributed by atoms with Crippen LogP contribution in [0, 0.1) is 33.3 Å². The molecule has 0 aliphatic heterocycles. The first kappa shape index (κ1) is 50.9. The van der Waals surface area contributed by atoms with Crippen LogP contribution in [0.4, 0.5) is 18.4 Å². The van der Waals surface area contributed by atoms with Crippen LogP contribution in [0.15, 0.2) is 48.5 Å². The molecule has 16 heteroatoms. The molecule has 4 amide bonds. The average Bonchev–Trinajstić information content (AvgIpc) is 3.80. The molecule has 0 fully saturated rings. The standard InChI is InChI=1S/C50H68F2N8O6/c1-45(2,3)37(57-41(61)49(13,47(7,8)9)65-43(63)59(15)16)39-53-33-21-19-27(23-35(33)55-39)29-25-32(52)30(26-31(29)51)28-20-22-34-36(24-28)56-40(54-34)38(46(4,5)6)58-42(62)50(14,48(10,11)12)66-44(64)60(17)18/h19-26,37-38H,1-18H3,(H,53,55)(H,54,56)(H,57,61)(H,58,62)/t37-,38?,49+,50+/m1/s1. The van der Waals surface area contributed by atoms with Crippen molar-refractivity contribution < 1.29 is 37.4 Å². The number of nitrogens with one attached hydrogen (secondary N) is 4. The van der Waals surface area contributed by atoms with E-state index in [1.165, 1.54) is 9.80 Å². The summed E-state index contributed by atoms with van der Waals surface area (Å²) in [5.41, 5.74) is -2.80. The molecule has 358 valence electrons. The number of hydrogen-bond acceptors (Lipinski definition) is 8. The number of halogens is 2. The lowest BCUT2D eigenvalue weighted by Gasteiger charge is -2.42. The van der Waals surface area contributed by atoms with Crippen LogP contribution < -0.4 is 10.6 Å². The molecule has 0 radical (unpaired) electrons. The number of fused-ring (bicyclic) bond motifs is 2. The van der Waals surface area contributed by atoms with Crippen molar-refractivity contribution in [3.8, 4) is 22.3 Å². The fourth-order valence-corrected chi connectivity index (χ4v) is 7.19. The Kier molecular flexibility index (Phi) is 13.6. The lowest BCUT2D eigenvalue weighted by molar-refractivity contribution is -0.153. The van der Waals surface area contributed by atoms with Crippen LogP contribution in [-0.2, 0) is 19.1 Å². The van der Waals surface area contributed by atoms with Crippen molar-refractivity contribution in [2.75, 3.05) is 28.2 Å². The SMILES string of the molecule is CN(C)C(=O)O[C@@](C)(C(=O)NC(c1nc2cc(-c3cc(F)c(-c4ccc5[nH]c([C@@H](NC(=O)[C@](C)(OC(=O)N(C)C)C(C)(C)C)C(C)(C)C)nc5c4)cc3F)ccc2[nH]1)C(C)(C)C)C(C)(C)C. The van der Waals surface area contributed by atoms with Gasteiger partial charge in [0.15, 0.2) is 11.2 Å². The Hall–Kier alpha value is -6.06. The van der Waals surface area contributed by atoms with Gasteiger partial charge in [0.2, 0.25) is 0 Å². The third-order valence-corrected chi connectivity index (χ3v) is 12.6. The van der Waals surface area contributed by atoms with Crippen molar-refractivity contribution in [3.63, 3.8) is 0 Å². The fraction of sp³-hybridized carbons (Fsp3) is 0.520. The van der Waals surface area contributed by atoms with E-state index in [9.17, 15) is 19.2 Å². The van der Waals surface area contributed by atoms with E-state index in [1.54, 1.807) is 78.4 Å². The molecule has 1 unspecified atom stereocenters. The van der Waals surface area contributed by atoms with E-state index in [0.29, 0.717) is 44.8 Å². The monoisotopic (exact) mass is 915 g/mol. The number of hydrogen-bond donors (Lipinski definition) is 4. The van der Waals surface area contributed by atoms with Gasteiger partial charge >= 0.3 is 12.2 Å². The van der Waals surface area contributed by atoms with Crippen molar-refractivity contribution >= 4 is 46.1 Å². The number of rotatable bonds is 10. The topological polar surface area (TPSA) is 175 Å². The largest absolute Gasteiger partial charge is 0.432 e. The van der Waals surface area contributed by atoms with Crippen LogP contribution in [0.1, 0.15) is 121 Å². The van der Waals surface area contributed by atoms with E-state index in [-0.39, 0.29) is 11.1 Å². The van der Waals surface area contributed by atoms with Crippen LogP contribution >= 0.6 is 0 Å². The van der Waals surface area contributed by atoms with Crippen molar-refractivity contribution in [2.24, 2.45) is 21.7 Å². The Morgan fingerprint density at radius 3 is 1.14 bits per heavy atom. The highest BCUT2D eigenvalue weighted by Crippen LogP contribution is 2.41. The summed E-state index contributed by atoms with van der Waals surface area (Å²) in [5, 5.41) is 6.17. The summed E-state index contributed by atoms with van der Waals surface area (Å²) in [7, 11) is 6.18. The molecule has 5 rings (SSSR count). The van der Waals surface area contributed by atoms with Gasteiger partial charge in [-0.2, -0.15) is 0 Å². The number of nitrogens with zero attached hydrogens (tertiary/aromatic N) is 4. The van der Waals surface area contributed by atoms with E-state index in [2.05, 4.69) is 20.6 Å². The molecule has 5 aromatic rings. The van der Waals surface area contributed by atoms with Gasteiger partial charge in [-0.25, -0.2) is 28.3 Å². The highest BCUT2D eigenvalue weighted by atomic mass is 19.1. The minimum absolute atomic E-state index is 0.0254. The molecule has 0 aliphatic carbocycles. The van der Waals surface area contributed by atoms with Gasteiger partial charge in [0, 0.05) is 50.1 Å². The minimum atomic E-state index is -1.55. The smallest absolute Gasteiger partial charge is 0.410 e. The third kappa shape index (κ3) is 10.2. The van der Waals surface area contributed by atoms with Gasteiger partial charge in [-0.05, 0) is 72.2 Å². The van der Waals surface area contributed by atoms with E-state index in [0.717, 1.165) is 12.1 Å². The summed E-state index contributed by atoms with van der Waals surface area (Å²) in [5.74, 6) is -1.46. The zero-order valence-electron chi connectivity index (χ0n) is 41.8. The molecule has 0 aliphatic rings. The van der Waals surface area contributed by atoms with Gasteiger partial charge in [-0.3, -0.25) is 9.59 Å². The number of aromatic amines is 2. The number of imidazole rings is 2. The number of amides is 4. The van der Waals surface area contributed by atoms with Gasteiger partial charge < -0.3 is 39.9 Å². The second-order valence-electron chi connectivity index (χ2n) is 22.2. The number of H-pyrrole nitrogens is 2. The van der Waals surface area contributed by atoms with Crippen LogP contribution in [0.25, 0.3) is 44.3 Å². The second-order valence-corrected chi connectivity index (χ2v) is 22.2. The average molecular weight is 915 g/mol. The molecule has 4 atom stereocenters. The maximum Gasteiger partial charge on any atom is 0.410 e. The summed E-state index contributed by atoms with van der Waals surface area (Å²) in [4.78, 5) is 72.3. The van der Waals surface area contributed by atoms with Crippen LogP contribution in [0.5, 0.6) is 0 Å². The zero-order chi connectivity index (χ0) is 49.9. The Morgan fingerprint density at radius 2 is 0.864 bits per heavy atom. The predicted molar refractivity (Wildman–Crippen MR) is 253 cm³/mol. The van der Waals surface area contributed by atoms with Gasteiger partial charge in [-0.15, -0.1) is 0 Å². The lowest BCUT2D eigenvalue weighted by atomic mass is 9.76. The molecule has 2 heterocycles. The molecule has 14 nitrogen and oxygen atoms in total. The maximum atomic E-state index is 16.2. The zero-order valence-corrected chi connectivity index (χ0v) is 41.8. The number of carbonyl (C=O) groups excluding carboxylic acids is 4. The summed E-state index contributed by atoms with van der Waals surface area (Å²) >= 11 is 0. The van der Waals surface area contributed by atoms with Crippen molar-refractivity contribution in [2.45, 2.75) is 120 Å². The number of ether oxygens (including phenoxy) is 2. The molecular weight excluding hydrogens is 847 g/mol. The first-order valence-electron chi connectivity index (χ1n) is 22.0. The maximum absolute atomic E-state index is 16.2. The summed E-state index contributed by atoms with van der Waals surface area (Å²) < 4.78 is 43.9. The molecule has 0 spiro atoms. The molecular formula is C50H68F2N8O6. The Labute approximate surface area is 387 Å². The minimum Gasteiger partial charge on any atom is -0.432 e. The third-order valence-electron chi connectivity index (χ3n) is 12.6. The molecule has 0 saturated heterocycles. The van der Waals surface area contributed by atoms with Gasteiger partial charge in [0.05, 0.1) is 34.2 Å². The molecule has 66 heavy (non-hydrogen) atoms. The predicted octanol–water partition coefficient (Wildman–Crippen LogP) is 10.5. The lowest BCUT2D eigenvalue weighted by Crippen LogP contribution is -2.58. The normalized spacial score (nSPS) is 15.3. The summed E-state index contributed by atoms with van der Waals surface area (Å²) in [6.07, 6.45) is -1.31. The Bertz CT molecular complexity index is 2480. The molecule has 2 aromatic heterocycles. The van der Waals surface area contributed by atoms with Crippen molar-refractivity contribution in [1.29, 1.82) is 0 Å². The van der Waals surface area contributed by atoms with E-state index in [4.69, 9.17) is 19.4 Å². The number of benzene rings is 3. The van der Waals surface area contributed by atoms with Crippen LogP contribution in [0.3, 0.4) is 0 Å². The van der Waals surface area contributed by atoms with Crippen molar-refractivity contribution in [1.82, 2.24) is 40.4 Å².